The highest BCUT2D eigenvalue weighted by atomic mass is 35.5. The molecule has 0 spiro atoms. The molecular formula is C14H20ClN3O3S. The number of anilines is 1. The molecule has 1 aromatic carbocycles. The van der Waals surface area contributed by atoms with Crippen LogP contribution in [0.1, 0.15) is 23.2 Å². The van der Waals surface area contributed by atoms with Crippen LogP contribution < -0.4 is 14.9 Å². The Morgan fingerprint density at radius 3 is 2.82 bits per heavy atom. The summed E-state index contributed by atoms with van der Waals surface area (Å²) in [5, 5.41) is 6.16. The normalized spacial score (nSPS) is 23.1. The number of amides is 1. The molecule has 0 radical (unpaired) electrons. The molecule has 8 heteroatoms. The van der Waals surface area contributed by atoms with Crippen LogP contribution in [-0.2, 0) is 10.0 Å². The van der Waals surface area contributed by atoms with Crippen LogP contribution in [0.3, 0.4) is 0 Å². The number of benzene rings is 1. The minimum absolute atomic E-state index is 0. The van der Waals surface area contributed by atoms with Gasteiger partial charge in [-0.05, 0) is 37.6 Å². The zero-order valence-corrected chi connectivity index (χ0v) is 13.8. The Hall–Kier alpha value is -1.31. The lowest BCUT2D eigenvalue weighted by Crippen LogP contribution is -2.36. The number of sulfonamides is 1. The number of rotatable bonds is 3. The van der Waals surface area contributed by atoms with Gasteiger partial charge >= 0.3 is 0 Å². The molecular weight excluding hydrogens is 326 g/mol. The summed E-state index contributed by atoms with van der Waals surface area (Å²) in [5.41, 5.74) is 1.08. The van der Waals surface area contributed by atoms with Gasteiger partial charge in [0.15, 0.2) is 0 Å². The Labute approximate surface area is 136 Å². The highest BCUT2D eigenvalue weighted by Gasteiger charge is 2.28. The molecule has 1 atom stereocenters. The van der Waals surface area contributed by atoms with Gasteiger partial charge in [-0.15, -0.1) is 12.4 Å². The number of hydrogen-bond donors (Lipinski definition) is 2. The van der Waals surface area contributed by atoms with Crippen LogP contribution in [0.25, 0.3) is 0 Å². The third-order valence-electron chi connectivity index (χ3n) is 3.89. The molecule has 0 aliphatic carbocycles. The third kappa shape index (κ3) is 3.53. The van der Waals surface area contributed by atoms with Crippen LogP contribution in [0.15, 0.2) is 24.3 Å². The SMILES string of the molecule is Cl.O=C(NC1CCNC1)c1cccc(N2CCCS2(=O)=O)c1. The molecule has 2 heterocycles. The van der Waals surface area contributed by atoms with Crippen molar-refractivity contribution >= 4 is 34.0 Å². The van der Waals surface area contributed by atoms with E-state index in [1.165, 1.54) is 4.31 Å². The zero-order chi connectivity index (χ0) is 14.9. The van der Waals surface area contributed by atoms with Gasteiger partial charge in [0.25, 0.3) is 5.91 Å². The largest absolute Gasteiger partial charge is 0.348 e. The molecule has 0 aromatic heterocycles. The van der Waals surface area contributed by atoms with Crippen LogP contribution >= 0.6 is 12.4 Å². The van der Waals surface area contributed by atoms with Crippen molar-refractivity contribution in [2.75, 3.05) is 29.7 Å². The maximum atomic E-state index is 12.2. The van der Waals surface area contributed by atoms with E-state index in [-0.39, 0.29) is 30.1 Å². The van der Waals surface area contributed by atoms with Crippen molar-refractivity contribution in [2.24, 2.45) is 0 Å². The van der Waals surface area contributed by atoms with Crippen LogP contribution in [0.2, 0.25) is 0 Å². The number of halogens is 1. The first-order valence-electron chi connectivity index (χ1n) is 7.18. The van der Waals surface area contributed by atoms with Crippen molar-refractivity contribution in [3.63, 3.8) is 0 Å². The molecule has 0 saturated carbocycles. The van der Waals surface area contributed by atoms with Crippen molar-refractivity contribution in [1.29, 1.82) is 0 Å². The average molecular weight is 346 g/mol. The Morgan fingerprint density at radius 1 is 1.36 bits per heavy atom. The first-order chi connectivity index (χ1) is 10.1. The fraction of sp³-hybridized carbons (Fsp3) is 0.500. The van der Waals surface area contributed by atoms with Gasteiger partial charge < -0.3 is 10.6 Å². The van der Waals surface area contributed by atoms with E-state index in [2.05, 4.69) is 10.6 Å². The summed E-state index contributed by atoms with van der Waals surface area (Å²) in [6, 6.07) is 6.98. The van der Waals surface area contributed by atoms with Crippen molar-refractivity contribution < 1.29 is 13.2 Å². The standard InChI is InChI=1S/C14H19N3O3S.ClH/c18-14(16-12-5-6-15-10-12)11-3-1-4-13(9-11)17-7-2-8-21(17,19)20;/h1,3-4,9,12,15H,2,5-8,10H2,(H,16,18);1H. The summed E-state index contributed by atoms with van der Waals surface area (Å²) in [6.45, 7) is 2.18. The Balaban J connectivity index is 0.00000176. The monoisotopic (exact) mass is 345 g/mol. The van der Waals surface area contributed by atoms with E-state index in [9.17, 15) is 13.2 Å². The van der Waals surface area contributed by atoms with Gasteiger partial charge in [0.1, 0.15) is 0 Å². The second kappa shape index (κ2) is 6.85. The smallest absolute Gasteiger partial charge is 0.251 e. The van der Waals surface area contributed by atoms with Gasteiger partial charge in [-0.2, -0.15) is 0 Å². The molecule has 22 heavy (non-hydrogen) atoms. The summed E-state index contributed by atoms with van der Waals surface area (Å²) in [4.78, 5) is 12.2. The maximum absolute atomic E-state index is 12.2. The number of carbonyl (C=O) groups is 1. The number of nitrogens with one attached hydrogen (secondary N) is 2. The van der Waals surface area contributed by atoms with Crippen molar-refractivity contribution in [2.45, 2.75) is 18.9 Å². The van der Waals surface area contributed by atoms with Crippen LogP contribution in [-0.4, -0.2) is 45.8 Å². The number of carbonyl (C=O) groups excluding carboxylic acids is 1. The van der Waals surface area contributed by atoms with Gasteiger partial charge in [0.2, 0.25) is 10.0 Å². The van der Waals surface area contributed by atoms with Crippen LogP contribution in [0.4, 0.5) is 5.69 Å². The number of nitrogens with zero attached hydrogens (tertiary/aromatic N) is 1. The molecule has 1 aromatic rings. The number of hydrogen-bond acceptors (Lipinski definition) is 4. The van der Waals surface area contributed by atoms with Gasteiger partial charge in [0, 0.05) is 24.7 Å². The summed E-state index contributed by atoms with van der Waals surface area (Å²) < 4.78 is 25.3. The maximum Gasteiger partial charge on any atom is 0.251 e. The van der Waals surface area contributed by atoms with Crippen molar-refractivity contribution in [3.8, 4) is 0 Å². The minimum atomic E-state index is -3.21. The highest BCUT2D eigenvalue weighted by Crippen LogP contribution is 2.24. The van der Waals surface area contributed by atoms with Crippen LogP contribution in [0.5, 0.6) is 0 Å². The van der Waals surface area contributed by atoms with E-state index < -0.39 is 10.0 Å². The molecule has 2 aliphatic rings. The van der Waals surface area contributed by atoms with Gasteiger partial charge in [-0.1, -0.05) is 6.07 Å². The van der Waals surface area contributed by atoms with Gasteiger partial charge in [0.05, 0.1) is 11.4 Å². The Bertz CT molecular complexity index is 644. The summed E-state index contributed by atoms with van der Waals surface area (Å²) in [7, 11) is -3.21. The molecule has 122 valence electrons. The summed E-state index contributed by atoms with van der Waals surface area (Å²) in [5.74, 6) is 0.0270. The van der Waals surface area contributed by atoms with E-state index in [0.717, 1.165) is 19.5 Å². The fourth-order valence-electron chi connectivity index (χ4n) is 2.78. The molecule has 2 aliphatic heterocycles. The van der Waals surface area contributed by atoms with E-state index in [1.54, 1.807) is 24.3 Å². The average Bonchev–Trinajstić information content (AvgIpc) is 3.08. The van der Waals surface area contributed by atoms with Crippen molar-refractivity contribution in [3.05, 3.63) is 29.8 Å². The second-order valence-electron chi connectivity index (χ2n) is 5.46. The van der Waals surface area contributed by atoms with Gasteiger partial charge in [-0.25, -0.2) is 8.42 Å². The van der Waals surface area contributed by atoms with E-state index >= 15 is 0 Å². The van der Waals surface area contributed by atoms with Gasteiger partial charge in [-0.3, -0.25) is 9.10 Å². The fourth-order valence-corrected chi connectivity index (χ4v) is 4.33. The van der Waals surface area contributed by atoms with E-state index in [0.29, 0.717) is 24.2 Å². The predicted octanol–water partition coefficient (Wildman–Crippen LogP) is 0.740. The predicted molar refractivity (Wildman–Crippen MR) is 88.2 cm³/mol. The molecule has 2 N–H and O–H groups in total. The molecule has 2 saturated heterocycles. The minimum Gasteiger partial charge on any atom is -0.348 e. The third-order valence-corrected chi connectivity index (χ3v) is 5.76. The summed E-state index contributed by atoms with van der Waals surface area (Å²) >= 11 is 0. The highest BCUT2D eigenvalue weighted by molar-refractivity contribution is 7.93. The molecule has 0 bridgehead atoms. The molecule has 2 fully saturated rings. The molecule has 1 amide bonds. The second-order valence-corrected chi connectivity index (χ2v) is 7.47. The first-order valence-corrected chi connectivity index (χ1v) is 8.79. The lowest BCUT2D eigenvalue weighted by Gasteiger charge is -2.18. The Morgan fingerprint density at radius 2 is 2.18 bits per heavy atom. The van der Waals surface area contributed by atoms with Crippen LogP contribution in [0, 0.1) is 0 Å². The molecule has 6 nitrogen and oxygen atoms in total. The topological polar surface area (TPSA) is 78.5 Å². The zero-order valence-electron chi connectivity index (χ0n) is 12.1. The molecule has 3 rings (SSSR count). The summed E-state index contributed by atoms with van der Waals surface area (Å²) in [6.07, 6.45) is 1.55. The van der Waals surface area contributed by atoms with E-state index in [4.69, 9.17) is 0 Å². The quantitative estimate of drug-likeness (QED) is 0.847. The Kier molecular flexibility index (Phi) is 5.31. The lowest BCUT2D eigenvalue weighted by atomic mass is 10.1. The molecule has 1 unspecified atom stereocenters. The van der Waals surface area contributed by atoms with Crippen molar-refractivity contribution in [1.82, 2.24) is 10.6 Å². The van der Waals surface area contributed by atoms with E-state index in [1.807, 2.05) is 0 Å². The first kappa shape index (κ1) is 17.1. The lowest BCUT2D eigenvalue weighted by molar-refractivity contribution is 0.0940.